The molecule has 0 radical (unpaired) electrons. The lowest BCUT2D eigenvalue weighted by atomic mass is 10.2. The van der Waals surface area contributed by atoms with E-state index in [-0.39, 0.29) is 4.90 Å². The summed E-state index contributed by atoms with van der Waals surface area (Å²) in [7, 11) is -2.43. The van der Waals surface area contributed by atoms with Crippen molar-refractivity contribution in [2.24, 2.45) is 5.10 Å². The van der Waals surface area contributed by atoms with Gasteiger partial charge in [0.15, 0.2) is 0 Å². The molecular weight excluding hydrogens is 494 g/mol. The van der Waals surface area contributed by atoms with E-state index in [0.717, 1.165) is 14.3 Å². The van der Waals surface area contributed by atoms with Crippen LogP contribution in [-0.4, -0.2) is 34.2 Å². The van der Waals surface area contributed by atoms with E-state index >= 15 is 0 Å². The molecule has 166 valence electrons. The number of nitrogens with one attached hydrogen (secondary N) is 1. The van der Waals surface area contributed by atoms with Gasteiger partial charge >= 0.3 is 0 Å². The van der Waals surface area contributed by atoms with Gasteiger partial charge < -0.3 is 4.74 Å². The van der Waals surface area contributed by atoms with Gasteiger partial charge in [0.1, 0.15) is 12.3 Å². The van der Waals surface area contributed by atoms with Crippen LogP contribution in [0.2, 0.25) is 0 Å². The minimum atomic E-state index is -3.96. The highest BCUT2D eigenvalue weighted by atomic mass is 79.9. The number of carbonyl (C=O) groups excluding carboxylic acids is 1. The van der Waals surface area contributed by atoms with Crippen LogP contribution in [0.25, 0.3) is 0 Å². The van der Waals surface area contributed by atoms with Crippen molar-refractivity contribution >= 4 is 43.8 Å². The first-order valence-corrected chi connectivity index (χ1v) is 11.8. The molecule has 3 rings (SSSR count). The molecule has 0 aliphatic heterocycles. The Labute approximate surface area is 195 Å². The van der Waals surface area contributed by atoms with Crippen molar-refractivity contribution in [1.29, 1.82) is 0 Å². The maximum atomic E-state index is 13.3. The minimum Gasteiger partial charge on any atom is -0.496 e. The Morgan fingerprint density at radius 1 is 1.09 bits per heavy atom. The Kier molecular flexibility index (Phi) is 7.66. The van der Waals surface area contributed by atoms with Gasteiger partial charge in [-0.3, -0.25) is 9.10 Å². The molecule has 0 atom stereocenters. The number of hydrogen-bond acceptors (Lipinski definition) is 5. The van der Waals surface area contributed by atoms with E-state index in [1.807, 2.05) is 13.0 Å². The molecule has 9 heteroatoms. The zero-order chi connectivity index (χ0) is 23.1. The second-order valence-electron chi connectivity index (χ2n) is 6.84. The number of nitrogens with zero attached hydrogens (tertiary/aromatic N) is 2. The molecule has 0 aliphatic carbocycles. The first-order chi connectivity index (χ1) is 15.3. The number of sulfonamides is 1. The predicted molar refractivity (Wildman–Crippen MR) is 129 cm³/mol. The van der Waals surface area contributed by atoms with Crippen LogP contribution in [0.1, 0.15) is 11.1 Å². The molecule has 0 spiro atoms. The number of ether oxygens (including phenoxy) is 1. The molecule has 0 saturated carbocycles. The SMILES string of the molecule is COc1ccc(Br)cc1/C=N\NC(=O)CN(c1ccc(C)cc1)S(=O)(=O)c1ccccc1. The zero-order valence-electron chi connectivity index (χ0n) is 17.5. The summed E-state index contributed by atoms with van der Waals surface area (Å²) in [6.45, 7) is 1.46. The molecule has 7 nitrogen and oxygen atoms in total. The summed E-state index contributed by atoms with van der Waals surface area (Å²) >= 11 is 3.38. The van der Waals surface area contributed by atoms with Crippen molar-refractivity contribution in [1.82, 2.24) is 5.43 Å². The highest BCUT2D eigenvalue weighted by Crippen LogP contribution is 2.24. The van der Waals surface area contributed by atoms with Crippen molar-refractivity contribution in [3.63, 3.8) is 0 Å². The van der Waals surface area contributed by atoms with Gasteiger partial charge in [-0.15, -0.1) is 0 Å². The normalized spacial score (nSPS) is 11.3. The number of benzene rings is 3. The average molecular weight is 516 g/mol. The summed E-state index contributed by atoms with van der Waals surface area (Å²) in [4.78, 5) is 12.7. The van der Waals surface area contributed by atoms with Gasteiger partial charge in [-0.25, -0.2) is 13.8 Å². The Morgan fingerprint density at radius 3 is 2.44 bits per heavy atom. The van der Waals surface area contributed by atoms with Crippen LogP contribution < -0.4 is 14.5 Å². The summed E-state index contributed by atoms with van der Waals surface area (Å²) in [6, 6.07) is 20.3. The van der Waals surface area contributed by atoms with Crippen molar-refractivity contribution in [2.75, 3.05) is 18.0 Å². The van der Waals surface area contributed by atoms with Crippen LogP contribution in [0.3, 0.4) is 0 Å². The number of hydrazone groups is 1. The third-order valence-electron chi connectivity index (χ3n) is 4.53. The van der Waals surface area contributed by atoms with Crippen LogP contribution in [0.15, 0.2) is 87.3 Å². The zero-order valence-corrected chi connectivity index (χ0v) is 19.9. The Bertz CT molecular complexity index is 1210. The fourth-order valence-corrected chi connectivity index (χ4v) is 4.71. The molecule has 0 bridgehead atoms. The Hall–Kier alpha value is -3.17. The van der Waals surface area contributed by atoms with Gasteiger partial charge in [-0.2, -0.15) is 5.10 Å². The number of halogens is 1. The first-order valence-electron chi connectivity index (χ1n) is 9.61. The van der Waals surface area contributed by atoms with Crippen molar-refractivity contribution in [3.05, 3.63) is 88.4 Å². The molecule has 3 aromatic rings. The van der Waals surface area contributed by atoms with Gasteiger partial charge in [0.05, 0.1) is 23.9 Å². The molecule has 32 heavy (non-hydrogen) atoms. The van der Waals surface area contributed by atoms with Crippen LogP contribution in [0.5, 0.6) is 5.75 Å². The maximum Gasteiger partial charge on any atom is 0.264 e. The van der Waals surface area contributed by atoms with E-state index in [9.17, 15) is 13.2 Å². The third-order valence-corrected chi connectivity index (χ3v) is 6.81. The molecule has 0 aromatic heterocycles. The fourth-order valence-electron chi connectivity index (χ4n) is 2.89. The molecule has 0 saturated heterocycles. The summed E-state index contributed by atoms with van der Waals surface area (Å²) < 4.78 is 33.7. The Morgan fingerprint density at radius 2 is 1.78 bits per heavy atom. The van der Waals surface area contributed by atoms with Crippen molar-refractivity contribution in [3.8, 4) is 5.75 Å². The van der Waals surface area contributed by atoms with Crippen molar-refractivity contribution in [2.45, 2.75) is 11.8 Å². The van der Waals surface area contributed by atoms with Gasteiger partial charge in [-0.1, -0.05) is 51.8 Å². The molecule has 0 fully saturated rings. The number of rotatable bonds is 8. The molecule has 1 amide bonds. The lowest BCUT2D eigenvalue weighted by Gasteiger charge is -2.23. The van der Waals surface area contributed by atoms with E-state index in [4.69, 9.17) is 4.74 Å². The van der Waals surface area contributed by atoms with Gasteiger partial charge in [0.25, 0.3) is 15.9 Å². The van der Waals surface area contributed by atoms with Crippen molar-refractivity contribution < 1.29 is 17.9 Å². The average Bonchev–Trinajstić information content (AvgIpc) is 2.79. The molecule has 1 N–H and O–H groups in total. The van der Waals surface area contributed by atoms with Crippen LogP contribution >= 0.6 is 15.9 Å². The van der Waals surface area contributed by atoms with Crippen LogP contribution in [0.4, 0.5) is 5.69 Å². The van der Waals surface area contributed by atoms with Gasteiger partial charge in [0, 0.05) is 10.0 Å². The third kappa shape index (κ3) is 5.74. The number of amides is 1. The topological polar surface area (TPSA) is 88.1 Å². The van der Waals surface area contributed by atoms with E-state index in [1.54, 1.807) is 54.6 Å². The molecular formula is C23H22BrN3O4S. The number of aryl methyl sites for hydroxylation is 1. The van der Waals surface area contributed by atoms with E-state index in [1.165, 1.54) is 25.5 Å². The lowest BCUT2D eigenvalue weighted by Crippen LogP contribution is -2.39. The predicted octanol–water partition coefficient (Wildman–Crippen LogP) is 4.11. The number of anilines is 1. The standard InChI is InChI=1S/C23H22BrN3O4S/c1-17-8-11-20(12-9-17)27(32(29,30)21-6-4-3-5-7-21)16-23(28)26-25-15-18-14-19(24)10-13-22(18)31-2/h3-15H,16H2,1-2H3,(H,26,28)/b25-15-. The second kappa shape index (κ2) is 10.4. The Balaban J connectivity index is 1.83. The highest BCUT2D eigenvalue weighted by molar-refractivity contribution is 9.10. The fraction of sp³-hybridized carbons (Fsp3) is 0.130. The second-order valence-corrected chi connectivity index (χ2v) is 9.62. The van der Waals surface area contributed by atoms with E-state index < -0.39 is 22.5 Å². The summed E-state index contributed by atoms with van der Waals surface area (Å²) in [6.07, 6.45) is 1.43. The summed E-state index contributed by atoms with van der Waals surface area (Å²) in [5.41, 5.74) is 4.39. The molecule has 0 unspecified atom stereocenters. The molecule has 0 aliphatic rings. The smallest absolute Gasteiger partial charge is 0.264 e. The largest absolute Gasteiger partial charge is 0.496 e. The first kappa shape index (κ1) is 23.5. The van der Waals surface area contributed by atoms with Gasteiger partial charge in [0.2, 0.25) is 0 Å². The van der Waals surface area contributed by atoms with Crippen LogP contribution in [-0.2, 0) is 14.8 Å². The quantitative estimate of drug-likeness (QED) is 0.361. The van der Waals surface area contributed by atoms with Crippen LogP contribution in [0, 0.1) is 6.92 Å². The minimum absolute atomic E-state index is 0.0933. The maximum absolute atomic E-state index is 13.3. The highest BCUT2D eigenvalue weighted by Gasteiger charge is 2.27. The van der Waals surface area contributed by atoms with E-state index in [0.29, 0.717) is 17.0 Å². The monoisotopic (exact) mass is 515 g/mol. The number of hydrogen-bond donors (Lipinski definition) is 1. The van der Waals surface area contributed by atoms with E-state index in [2.05, 4.69) is 26.5 Å². The molecule has 0 heterocycles. The number of methoxy groups -OCH3 is 1. The summed E-state index contributed by atoms with van der Waals surface area (Å²) in [5.74, 6) is -0.00516. The van der Waals surface area contributed by atoms with Gasteiger partial charge in [-0.05, 0) is 49.4 Å². The summed E-state index contributed by atoms with van der Waals surface area (Å²) in [5, 5.41) is 3.96. The lowest BCUT2D eigenvalue weighted by molar-refractivity contribution is -0.119. The number of carbonyl (C=O) groups is 1. The molecule has 3 aromatic carbocycles.